The molecule has 0 aliphatic carbocycles. The van der Waals surface area contributed by atoms with Gasteiger partial charge in [-0.1, -0.05) is 6.92 Å². The first-order chi connectivity index (χ1) is 6.54. The van der Waals surface area contributed by atoms with Crippen LogP contribution in [0.1, 0.15) is 23.8 Å². The normalized spacial score (nSPS) is 9.86. The van der Waals surface area contributed by atoms with Crippen LogP contribution in [-0.4, -0.2) is 16.4 Å². The van der Waals surface area contributed by atoms with E-state index in [9.17, 15) is 9.59 Å². The minimum absolute atomic E-state index is 0.0911. The number of primary amides is 1. The smallest absolute Gasteiger partial charge is 0.265 e. The summed E-state index contributed by atoms with van der Waals surface area (Å²) in [5.74, 6) is -0.601. The number of carbonyl (C=O) groups excluding carboxylic acids is 2. The van der Waals surface area contributed by atoms with Gasteiger partial charge in [-0.05, 0) is 6.07 Å². The van der Waals surface area contributed by atoms with Crippen molar-refractivity contribution in [2.45, 2.75) is 13.3 Å². The fourth-order valence-electron chi connectivity index (χ4n) is 1.13. The Labute approximate surface area is 81.9 Å². The maximum atomic E-state index is 11.0. The third-order valence-electron chi connectivity index (χ3n) is 1.86. The fourth-order valence-corrected chi connectivity index (χ4v) is 1.13. The Bertz CT molecular complexity index is 368. The predicted molar refractivity (Wildman–Crippen MR) is 52.9 cm³/mol. The minimum atomic E-state index is -0.510. The van der Waals surface area contributed by atoms with Crippen LogP contribution in [0.2, 0.25) is 0 Å². The Hall–Kier alpha value is -1.78. The molecule has 0 spiro atoms. The second kappa shape index (κ2) is 3.95. The van der Waals surface area contributed by atoms with Gasteiger partial charge in [0.05, 0.1) is 5.69 Å². The molecule has 76 valence electrons. The molecule has 14 heavy (non-hydrogen) atoms. The van der Waals surface area contributed by atoms with E-state index in [1.807, 2.05) is 0 Å². The van der Waals surface area contributed by atoms with Crippen molar-refractivity contribution in [1.29, 1.82) is 0 Å². The topological polar surface area (TPSA) is 77.1 Å². The second-order valence-corrected chi connectivity index (χ2v) is 2.99. The summed E-state index contributed by atoms with van der Waals surface area (Å²) >= 11 is 0. The maximum Gasteiger partial charge on any atom is 0.265 e. The van der Waals surface area contributed by atoms with Crippen molar-refractivity contribution in [1.82, 2.24) is 4.57 Å². The van der Waals surface area contributed by atoms with Crippen molar-refractivity contribution in [2.24, 2.45) is 12.8 Å². The number of aromatic nitrogens is 1. The van der Waals surface area contributed by atoms with Gasteiger partial charge in [0, 0.05) is 19.7 Å². The van der Waals surface area contributed by atoms with Crippen LogP contribution >= 0.6 is 0 Å². The number of nitrogens with two attached hydrogens (primary N) is 1. The summed E-state index contributed by atoms with van der Waals surface area (Å²) in [6.07, 6.45) is 2.05. The van der Waals surface area contributed by atoms with E-state index in [1.165, 1.54) is 0 Å². The molecule has 1 heterocycles. The first-order valence-electron chi connectivity index (χ1n) is 4.30. The van der Waals surface area contributed by atoms with Crippen molar-refractivity contribution in [3.63, 3.8) is 0 Å². The molecule has 0 unspecified atom stereocenters. The predicted octanol–water partition coefficient (Wildman–Crippen LogP) is 0.472. The number of carbonyl (C=O) groups is 2. The highest BCUT2D eigenvalue weighted by Gasteiger charge is 2.08. The number of amides is 2. The number of aryl methyl sites for hydroxylation is 1. The monoisotopic (exact) mass is 195 g/mol. The number of nitrogens with one attached hydrogen (secondary N) is 1. The van der Waals surface area contributed by atoms with Crippen LogP contribution < -0.4 is 11.1 Å². The van der Waals surface area contributed by atoms with Crippen molar-refractivity contribution in [3.8, 4) is 0 Å². The van der Waals surface area contributed by atoms with Crippen LogP contribution in [-0.2, 0) is 11.8 Å². The van der Waals surface area contributed by atoms with Gasteiger partial charge in [0.1, 0.15) is 5.69 Å². The van der Waals surface area contributed by atoms with E-state index in [0.717, 1.165) is 0 Å². The highest BCUT2D eigenvalue weighted by molar-refractivity contribution is 5.95. The lowest BCUT2D eigenvalue weighted by Gasteiger charge is -1.97. The zero-order chi connectivity index (χ0) is 10.7. The molecule has 3 N–H and O–H groups in total. The summed E-state index contributed by atoms with van der Waals surface area (Å²) in [5, 5.41) is 2.64. The summed E-state index contributed by atoms with van der Waals surface area (Å²) in [4.78, 5) is 21.9. The average molecular weight is 195 g/mol. The van der Waals surface area contributed by atoms with Crippen molar-refractivity contribution in [3.05, 3.63) is 18.0 Å². The van der Waals surface area contributed by atoms with Gasteiger partial charge in [-0.2, -0.15) is 0 Å². The van der Waals surface area contributed by atoms with Crippen LogP contribution in [0.4, 0.5) is 5.69 Å². The molecule has 5 nitrogen and oxygen atoms in total. The summed E-state index contributed by atoms with van der Waals surface area (Å²) < 4.78 is 1.58. The highest BCUT2D eigenvalue weighted by Crippen LogP contribution is 2.12. The molecule has 1 rings (SSSR count). The van der Waals surface area contributed by atoms with Crippen LogP contribution in [0.25, 0.3) is 0 Å². The van der Waals surface area contributed by atoms with Gasteiger partial charge in [-0.3, -0.25) is 9.59 Å². The molecule has 5 heteroatoms. The molecule has 0 saturated carbocycles. The van der Waals surface area contributed by atoms with Gasteiger partial charge in [-0.15, -0.1) is 0 Å². The Morgan fingerprint density at radius 1 is 1.57 bits per heavy atom. The number of anilines is 1. The molecular weight excluding hydrogens is 182 g/mol. The molecule has 1 aromatic heterocycles. The zero-order valence-corrected chi connectivity index (χ0v) is 8.20. The Morgan fingerprint density at radius 3 is 2.64 bits per heavy atom. The van der Waals surface area contributed by atoms with Crippen LogP contribution in [0, 0.1) is 0 Å². The van der Waals surface area contributed by atoms with E-state index in [0.29, 0.717) is 17.8 Å². The molecule has 0 aromatic carbocycles. The Balaban J connectivity index is 2.86. The summed E-state index contributed by atoms with van der Waals surface area (Å²) in [5.41, 5.74) is 6.08. The molecule has 0 aliphatic heterocycles. The Kier molecular flexibility index (Phi) is 2.91. The summed E-state index contributed by atoms with van der Waals surface area (Å²) in [7, 11) is 1.70. The third-order valence-corrected chi connectivity index (χ3v) is 1.86. The SMILES string of the molecule is CCC(=O)Nc1cc(C(N)=O)n(C)c1. The molecule has 0 bridgehead atoms. The van der Waals surface area contributed by atoms with Gasteiger partial charge < -0.3 is 15.6 Å². The molecule has 0 radical (unpaired) electrons. The van der Waals surface area contributed by atoms with Crippen molar-refractivity contribution in [2.75, 3.05) is 5.32 Å². The zero-order valence-electron chi connectivity index (χ0n) is 8.20. The number of rotatable bonds is 3. The average Bonchev–Trinajstić information content (AvgIpc) is 2.46. The van der Waals surface area contributed by atoms with Gasteiger partial charge in [0.25, 0.3) is 5.91 Å². The first-order valence-corrected chi connectivity index (χ1v) is 4.30. The molecule has 0 atom stereocenters. The first kappa shape index (κ1) is 10.3. The van der Waals surface area contributed by atoms with Crippen molar-refractivity contribution >= 4 is 17.5 Å². The molecule has 1 aromatic rings. The molecule has 2 amide bonds. The number of nitrogens with zero attached hydrogens (tertiary/aromatic N) is 1. The van der Waals surface area contributed by atoms with E-state index >= 15 is 0 Å². The second-order valence-electron chi connectivity index (χ2n) is 2.99. The quantitative estimate of drug-likeness (QED) is 0.735. The van der Waals surface area contributed by atoms with Crippen molar-refractivity contribution < 1.29 is 9.59 Å². The van der Waals surface area contributed by atoms with E-state index in [-0.39, 0.29) is 5.91 Å². The summed E-state index contributed by atoms with van der Waals surface area (Å²) in [6.45, 7) is 1.76. The highest BCUT2D eigenvalue weighted by atomic mass is 16.2. The minimum Gasteiger partial charge on any atom is -0.364 e. The maximum absolute atomic E-state index is 11.0. The third kappa shape index (κ3) is 2.12. The number of hydrogen-bond acceptors (Lipinski definition) is 2. The van der Waals surface area contributed by atoms with Gasteiger partial charge in [0.2, 0.25) is 5.91 Å². The van der Waals surface area contributed by atoms with E-state index in [2.05, 4.69) is 5.32 Å². The summed E-state index contributed by atoms with van der Waals surface area (Å²) in [6, 6.07) is 1.55. The Morgan fingerprint density at radius 2 is 2.21 bits per heavy atom. The van der Waals surface area contributed by atoms with E-state index in [1.54, 1.807) is 30.8 Å². The van der Waals surface area contributed by atoms with Gasteiger partial charge >= 0.3 is 0 Å². The van der Waals surface area contributed by atoms with Gasteiger partial charge in [-0.25, -0.2) is 0 Å². The van der Waals surface area contributed by atoms with Gasteiger partial charge in [0.15, 0.2) is 0 Å². The largest absolute Gasteiger partial charge is 0.364 e. The molecule has 0 saturated heterocycles. The molecule has 0 fully saturated rings. The lowest BCUT2D eigenvalue weighted by Crippen LogP contribution is -2.14. The molecular formula is C9H13N3O2. The van der Waals surface area contributed by atoms with Crippen LogP contribution in [0.5, 0.6) is 0 Å². The van der Waals surface area contributed by atoms with E-state index in [4.69, 9.17) is 5.73 Å². The van der Waals surface area contributed by atoms with E-state index < -0.39 is 5.91 Å². The standard InChI is InChI=1S/C9H13N3O2/c1-3-8(13)11-6-4-7(9(10)14)12(2)5-6/h4-5H,3H2,1-2H3,(H2,10,14)(H,11,13). The number of hydrogen-bond donors (Lipinski definition) is 2. The van der Waals surface area contributed by atoms with Crippen LogP contribution in [0.3, 0.4) is 0 Å². The fraction of sp³-hybridized carbons (Fsp3) is 0.333. The lowest BCUT2D eigenvalue weighted by molar-refractivity contribution is -0.115. The molecule has 0 aliphatic rings. The lowest BCUT2D eigenvalue weighted by atomic mass is 10.3. The van der Waals surface area contributed by atoms with Crippen LogP contribution in [0.15, 0.2) is 12.3 Å².